The Morgan fingerprint density at radius 3 is 2.56 bits per heavy atom. The SMILES string of the molecule is CC(C)(C)OC(=O)N1CC(F)(F)C(N=[N+]=[N-])[C@H]1Cc1cccc(-c2cccc(F)c2)c1F. The number of hydrogen-bond acceptors (Lipinski definition) is 3. The van der Waals surface area contributed by atoms with E-state index in [1.807, 2.05) is 0 Å². The third kappa shape index (κ3) is 4.96. The standard InChI is InChI=1S/C22H22F4N4O2/c1-21(2,3)32-20(31)30-12-22(25,26)19(28-29-27)17(30)11-14-7-5-9-16(18(14)24)13-6-4-8-15(23)10-13/h4-10,17,19H,11-12H2,1-3H3/t17-,19?/m1/s1. The molecule has 2 atom stereocenters. The molecule has 0 spiro atoms. The van der Waals surface area contributed by atoms with E-state index in [9.17, 15) is 18.0 Å². The van der Waals surface area contributed by atoms with Crippen LogP contribution in [0.1, 0.15) is 26.3 Å². The smallest absolute Gasteiger partial charge is 0.410 e. The van der Waals surface area contributed by atoms with Crippen LogP contribution >= 0.6 is 0 Å². The molecule has 0 saturated carbocycles. The van der Waals surface area contributed by atoms with Crippen LogP contribution in [0.2, 0.25) is 0 Å². The molecule has 0 aromatic heterocycles. The Kier molecular flexibility index (Phi) is 6.37. The van der Waals surface area contributed by atoms with Crippen molar-refractivity contribution >= 4 is 6.09 Å². The molecule has 10 heteroatoms. The maximum absolute atomic E-state index is 15.3. The predicted octanol–water partition coefficient (Wildman–Crippen LogP) is 6.11. The second-order valence-corrected chi connectivity index (χ2v) is 8.58. The summed E-state index contributed by atoms with van der Waals surface area (Å²) < 4.78 is 63.4. The number of amides is 1. The average molecular weight is 450 g/mol. The van der Waals surface area contributed by atoms with Crippen molar-refractivity contribution in [1.29, 1.82) is 0 Å². The summed E-state index contributed by atoms with van der Waals surface area (Å²) in [5, 5.41) is 3.21. The fourth-order valence-electron chi connectivity index (χ4n) is 3.69. The summed E-state index contributed by atoms with van der Waals surface area (Å²) in [4.78, 5) is 15.9. The Balaban J connectivity index is 2.00. The summed E-state index contributed by atoms with van der Waals surface area (Å²) in [5.74, 6) is -4.82. The van der Waals surface area contributed by atoms with Gasteiger partial charge in [0.05, 0.1) is 12.6 Å². The van der Waals surface area contributed by atoms with Gasteiger partial charge in [0, 0.05) is 10.5 Å². The Labute approximate surface area is 182 Å². The number of carbonyl (C=O) groups excluding carboxylic acids is 1. The van der Waals surface area contributed by atoms with E-state index < -0.39 is 47.9 Å². The summed E-state index contributed by atoms with van der Waals surface area (Å²) in [6.07, 6.45) is -1.37. The molecule has 0 aliphatic carbocycles. The number of halogens is 4. The number of likely N-dealkylation sites (tertiary alicyclic amines) is 1. The Morgan fingerprint density at radius 1 is 1.25 bits per heavy atom. The lowest BCUT2D eigenvalue weighted by atomic mass is 9.95. The molecule has 0 radical (unpaired) electrons. The Morgan fingerprint density at radius 2 is 1.94 bits per heavy atom. The van der Waals surface area contributed by atoms with Gasteiger partial charge in [0.15, 0.2) is 0 Å². The zero-order valence-corrected chi connectivity index (χ0v) is 17.7. The minimum atomic E-state index is -3.52. The van der Waals surface area contributed by atoms with Gasteiger partial charge in [-0.3, -0.25) is 4.90 Å². The van der Waals surface area contributed by atoms with E-state index >= 15 is 4.39 Å². The highest BCUT2D eigenvalue weighted by molar-refractivity contribution is 5.70. The zero-order chi connectivity index (χ0) is 23.7. The average Bonchev–Trinajstić information content (AvgIpc) is 2.93. The van der Waals surface area contributed by atoms with Crippen LogP contribution in [0, 0.1) is 11.6 Å². The molecule has 2 aromatic rings. The van der Waals surface area contributed by atoms with Crippen molar-refractivity contribution in [3.8, 4) is 11.1 Å². The molecule has 1 fully saturated rings. The molecule has 3 rings (SSSR count). The van der Waals surface area contributed by atoms with Gasteiger partial charge in [-0.2, -0.15) is 0 Å². The van der Waals surface area contributed by atoms with Gasteiger partial charge in [-0.25, -0.2) is 22.4 Å². The Bertz CT molecular complexity index is 1060. The van der Waals surface area contributed by atoms with E-state index in [2.05, 4.69) is 10.0 Å². The van der Waals surface area contributed by atoms with E-state index in [4.69, 9.17) is 10.3 Å². The first-order valence-corrected chi connectivity index (χ1v) is 9.88. The van der Waals surface area contributed by atoms with Crippen molar-refractivity contribution < 1.29 is 27.1 Å². The van der Waals surface area contributed by atoms with Crippen LogP contribution in [0.25, 0.3) is 21.6 Å². The number of hydrogen-bond donors (Lipinski definition) is 0. The van der Waals surface area contributed by atoms with E-state index in [1.54, 1.807) is 20.8 Å². The molecule has 0 bridgehead atoms. The van der Waals surface area contributed by atoms with Crippen molar-refractivity contribution in [1.82, 2.24) is 4.90 Å². The van der Waals surface area contributed by atoms with Gasteiger partial charge in [0.25, 0.3) is 5.92 Å². The van der Waals surface area contributed by atoms with Crippen molar-refractivity contribution in [3.63, 3.8) is 0 Å². The summed E-state index contributed by atoms with van der Waals surface area (Å²) in [6.45, 7) is 3.73. The van der Waals surface area contributed by atoms with Crippen LogP contribution in [-0.4, -0.2) is 41.1 Å². The zero-order valence-electron chi connectivity index (χ0n) is 17.7. The van der Waals surface area contributed by atoms with Crippen molar-refractivity contribution in [2.45, 2.75) is 50.8 Å². The lowest BCUT2D eigenvalue weighted by molar-refractivity contribution is -0.00932. The van der Waals surface area contributed by atoms with Gasteiger partial charge in [-0.1, -0.05) is 35.4 Å². The van der Waals surface area contributed by atoms with Crippen molar-refractivity contribution in [2.24, 2.45) is 5.11 Å². The van der Waals surface area contributed by atoms with Gasteiger partial charge >= 0.3 is 6.09 Å². The molecule has 170 valence electrons. The predicted molar refractivity (Wildman–Crippen MR) is 110 cm³/mol. The molecule has 6 nitrogen and oxygen atoms in total. The molecular formula is C22H22F4N4O2. The van der Waals surface area contributed by atoms with Crippen molar-refractivity contribution in [2.75, 3.05) is 6.54 Å². The molecule has 1 unspecified atom stereocenters. The first kappa shape index (κ1) is 23.4. The summed E-state index contributed by atoms with van der Waals surface area (Å²) in [7, 11) is 0. The molecular weight excluding hydrogens is 428 g/mol. The van der Waals surface area contributed by atoms with E-state index in [1.165, 1.54) is 36.4 Å². The quantitative estimate of drug-likeness (QED) is 0.244. The number of carbonyl (C=O) groups is 1. The molecule has 1 aliphatic rings. The molecule has 1 saturated heterocycles. The summed E-state index contributed by atoms with van der Waals surface area (Å²) in [5.41, 5.74) is 8.23. The lowest BCUT2D eigenvalue weighted by Crippen LogP contribution is -2.43. The number of alkyl halides is 2. The Hall–Kier alpha value is -3.26. The van der Waals surface area contributed by atoms with Crippen molar-refractivity contribution in [3.05, 3.63) is 70.1 Å². The maximum atomic E-state index is 15.3. The fourth-order valence-corrected chi connectivity index (χ4v) is 3.69. The van der Waals surface area contributed by atoms with Gasteiger partial charge in [0.2, 0.25) is 0 Å². The second-order valence-electron chi connectivity index (χ2n) is 8.58. The monoisotopic (exact) mass is 450 g/mol. The van der Waals surface area contributed by atoms with E-state index in [0.717, 1.165) is 11.0 Å². The van der Waals surface area contributed by atoms with Crippen LogP contribution in [0.3, 0.4) is 0 Å². The van der Waals surface area contributed by atoms with Crippen LogP contribution < -0.4 is 0 Å². The minimum Gasteiger partial charge on any atom is -0.444 e. The van der Waals surface area contributed by atoms with Gasteiger partial charge < -0.3 is 4.74 Å². The van der Waals surface area contributed by atoms with Gasteiger partial charge in [-0.05, 0) is 56.0 Å². The molecule has 1 amide bonds. The largest absolute Gasteiger partial charge is 0.444 e. The number of azide groups is 1. The summed E-state index contributed by atoms with van der Waals surface area (Å²) >= 11 is 0. The number of nitrogens with zero attached hydrogens (tertiary/aromatic N) is 4. The van der Waals surface area contributed by atoms with Gasteiger partial charge in [-0.15, -0.1) is 0 Å². The number of rotatable bonds is 4. The topological polar surface area (TPSA) is 78.3 Å². The van der Waals surface area contributed by atoms with E-state index in [0.29, 0.717) is 0 Å². The first-order valence-electron chi connectivity index (χ1n) is 9.88. The van der Waals surface area contributed by atoms with Crippen LogP contribution in [-0.2, 0) is 11.2 Å². The highest BCUT2D eigenvalue weighted by Gasteiger charge is 2.56. The first-order chi connectivity index (χ1) is 14.9. The molecule has 0 N–H and O–H groups in total. The third-order valence-corrected chi connectivity index (χ3v) is 5.03. The maximum Gasteiger partial charge on any atom is 0.410 e. The number of ether oxygens (including phenoxy) is 1. The molecule has 2 aromatic carbocycles. The number of benzene rings is 2. The van der Waals surface area contributed by atoms with Crippen LogP contribution in [0.15, 0.2) is 47.6 Å². The fraction of sp³-hybridized carbons (Fsp3) is 0.409. The highest BCUT2D eigenvalue weighted by Crippen LogP contribution is 2.38. The van der Waals surface area contributed by atoms with E-state index in [-0.39, 0.29) is 23.1 Å². The van der Waals surface area contributed by atoms with Crippen LogP contribution in [0.5, 0.6) is 0 Å². The molecule has 1 heterocycles. The van der Waals surface area contributed by atoms with Gasteiger partial charge in [0.1, 0.15) is 23.3 Å². The minimum absolute atomic E-state index is 0.0150. The molecule has 1 aliphatic heterocycles. The normalized spacial score (nSPS) is 20.0. The third-order valence-electron chi connectivity index (χ3n) is 5.03. The highest BCUT2D eigenvalue weighted by atomic mass is 19.3. The van der Waals surface area contributed by atoms with Crippen LogP contribution in [0.4, 0.5) is 22.4 Å². The summed E-state index contributed by atoms with van der Waals surface area (Å²) in [6, 6.07) is 6.40. The molecule has 32 heavy (non-hydrogen) atoms. The lowest BCUT2D eigenvalue weighted by Gasteiger charge is -2.29. The second kappa shape index (κ2) is 8.70.